The fraction of sp³-hybridized carbons (Fsp3) is 0.562. The molecule has 20 heavy (non-hydrogen) atoms. The molecule has 0 radical (unpaired) electrons. The average molecular weight is 294 g/mol. The van der Waals surface area contributed by atoms with E-state index in [4.69, 9.17) is 0 Å². The number of carbonyl (C=O) groups excluding carboxylic acids is 1. The highest BCUT2D eigenvalue weighted by molar-refractivity contribution is 7.98. The Hall–Kier alpha value is -1.00. The molecule has 112 valence electrons. The van der Waals surface area contributed by atoms with Crippen LogP contribution in [0.2, 0.25) is 0 Å². The van der Waals surface area contributed by atoms with Crippen molar-refractivity contribution in [3.63, 3.8) is 0 Å². The van der Waals surface area contributed by atoms with Gasteiger partial charge in [0.05, 0.1) is 0 Å². The van der Waals surface area contributed by atoms with Crippen molar-refractivity contribution in [2.75, 3.05) is 25.6 Å². The summed E-state index contributed by atoms with van der Waals surface area (Å²) in [4.78, 5) is 11.4. The molecule has 0 unspecified atom stereocenters. The molecule has 0 aromatic heterocycles. The third-order valence-corrected chi connectivity index (χ3v) is 3.92. The van der Waals surface area contributed by atoms with Gasteiger partial charge in [-0.15, -0.1) is 0 Å². The van der Waals surface area contributed by atoms with Gasteiger partial charge < -0.3 is 10.6 Å². The zero-order chi connectivity index (χ0) is 14.6. The number of nitrogens with one attached hydrogen (secondary N) is 2. The van der Waals surface area contributed by atoms with Crippen molar-refractivity contribution in [2.45, 2.75) is 32.2 Å². The maximum Gasteiger partial charge on any atom is 0.251 e. The van der Waals surface area contributed by atoms with E-state index < -0.39 is 0 Å². The van der Waals surface area contributed by atoms with Crippen LogP contribution in [0.25, 0.3) is 0 Å². The Morgan fingerprint density at radius 3 is 2.45 bits per heavy atom. The molecule has 2 N–H and O–H groups in total. The lowest BCUT2D eigenvalue weighted by atomic mass is 10.1. The minimum Gasteiger partial charge on any atom is -0.355 e. The van der Waals surface area contributed by atoms with Crippen molar-refractivity contribution in [1.82, 2.24) is 10.6 Å². The first-order chi connectivity index (χ1) is 9.77. The van der Waals surface area contributed by atoms with Crippen molar-refractivity contribution < 1.29 is 4.79 Å². The van der Waals surface area contributed by atoms with E-state index in [-0.39, 0.29) is 5.91 Å². The first-order valence-electron chi connectivity index (χ1n) is 7.28. The molecule has 0 aliphatic heterocycles. The van der Waals surface area contributed by atoms with Gasteiger partial charge in [0.15, 0.2) is 0 Å². The van der Waals surface area contributed by atoms with Crippen LogP contribution in [0.3, 0.4) is 0 Å². The fourth-order valence-corrected chi connectivity index (χ4v) is 2.49. The van der Waals surface area contributed by atoms with Gasteiger partial charge in [0.2, 0.25) is 0 Å². The van der Waals surface area contributed by atoms with Gasteiger partial charge in [0, 0.05) is 19.2 Å². The van der Waals surface area contributed by atoms with Gasteiger partial charge in [0.25, 0.3) is 5.91 Å². The summed E-state index contributed by atoms with van der Waals surface area (Å²) in [6, 6.07) is 7.77. The van der Waals surface area contributed by atoms with Crippen LogP contribution < -0.4 is 10.6 Å². The number of benzene rings is 1. The second kappa shape index (κ2) is 10.7. The molecule has 1 aromatic carbocycles. The largest absolute Gasteiger partial charge is 0.355 e. The highest BCUT2D eigenvalue weighted by Gasteiger charge is 2.01. The van der Waals surface area contributed by atoms with Crippen LogP contribution in [0.15, 0.2) is 24.3 Å². The molecule has 0 bridgehead atoms. The monoisotopic (exact) mass is 294 g/mol. The molecular weight excluding hydrogens is 268 g/mol. The van der Waals surface area contributed by atoms with E-state index in [0.717, 1.165) is 13.1 Å². The summed E-state index contributed by atoms with van der Waals surface area (Å²) in [5.41, 5.74) is 1.94. The molecule has 1 amide bonds. The van der Waals surface area contributed by atoms with E-state index >= 15 is 0 Å². The Balaban J connectivity index is 2.11. The minimum absolute atomic E-state index is 0.0326. The van der Waals surface area contributed by atoms with Crippen molar-refractivity contribution >= 4 is 17.7 Å². The lowest BCUT2D eigenvalue weighted by Gasteiger charge is -2.06. The molecule has 0 fully saturated rings. The number of hydrogen-bond acceptors (Lipinski definition) is 3. The third kappa shape index (κ3) is 6.96. The maximum absolute atomic E-state index is 11.4. The van der Waals surface area contributed by atoms with Gasteiger partial charge in [0.1, 0.15) is 0 Å². The molecule has 1 rings (SSSR count). The van der Waals surface area contributed by atoms with Gasteiger partial charge in [-0.3, -0.25) is 4.79 Å². The quantitative estimate of drug-likeness (QED) is 0.652. The Kier molecular flexibility index (Phi) is 9.16. The van der Waals surface area contributed by atoms with Gasteiger partial charge >= 0.3 is 0 Å². The zero-order valence-corrected chi connectivity index (χ0v) is 13.4. The number of hydrogen-bond donors (Lipinski definition) is 2. The standard InChI is InChI=1S/C16H26N2OS/c1-17-16(19)15-9-7-14(8-10-15)13-18-11-5-3-4-6-12-20-2/h7-10,18H,3-6,11-13H2,1-2H3,(H,17,19). The molecule has 0 heterocycles. The highest BCUT2D eigenvalue weighted by atomic mass is 32.2. The summed E-state index contributed by atoms with van der Waals surface area (Å²) in [5.74, 6) is 1.25. The molecule has 0 aliphatic rings. The van der Waals surface area contributed by atoms with E-state index in [1.165, 1.54) is 37.0 Å². The second-order valence-corrected chi connectivity index (χ2v) is 5.85. The predicted octanol–water partition coefficient (Wildman–Crippen LogP) is 3.06. The second-order valence-electron chi connectivity index (χ2n) is 4.86. The first-order valence-corrected chi connectivity index (χ1v) is 8.68. The summed E-state index contributed by atoms with van der Waals surface area (Å²) in [5, 5.41) is 6.07. The molecule has 4 heteroatoms. The molecule has 0 spiro atoms. The van der Waals surface area contributed by atoms with Gasteiger partial charge in [-0.25, -0.2) is 0 Å². The Morgan fingerprint density at radius 2 is 1.80 bits per heavy atom. The van der Waals surface area contributed by atoms with Crippen LogP contribution in [0.4, 0.5) is 0 Å². The smallest absolute Gasteiger partial charge is 0.251 e. The van der Waals surface area contributed by atoms with Crippen molar-refractivity contribution in [2.24, 2.45) is 0 Å². The summed E-state index contributed by atoms with van der Waals surface area (Å²) in [6.45, 7) is 1.94. The first kappa shape index (κ1) is 17.1. The van der Waals surface area contributed by atoms with Crippen LogP contribution in [0.1, 0.15) is 41.6 Å². The van der Waals surface area contributed by atoms with Crippen LogP contribution in [0, 0.1) is 0 Å². The van der Waals surface area contributed by atoms with Crippen molar-refractivity contribution in [3.8, 4) is 0 Å². The molecule has 3 nitrogen and oxygen atoms in total. The molecule has 0 atom stereocenters. The SMILES string of the molecule is CNC(=O)c1ccc(CNCCCCCCSC)cc1. The lowest BCUT2D eigenvalue weighted by Crippen LogP contribution is -2.18. The topological polar surface area (TPSA) is 41.1 Å². The maximum atomic E-state index is 11.4. The van der Waals surface area contributed by atoms with Crippen LogP contribution in [-0.4, -0.2) is 31.5 Å². The van der Waals surface area contributed by atoms with Crippen molar-refractivity contribution in [1.29, 1.82) is 0 Å². The summed E-state index contributed by atoms with van der Waals surface area (Å²) >= 11 is 1.93. The molecule has 0 saturated heterocycles. The van der Waals surface area contributed by atoms with Gasteiger partial charge in [-0.1, -0.05) is 25.0 Å². The third-order valence-electron chi connectivity index (χ3n) is 3.22. The number of unbranched alkanes of at least 4 members (excludes halogenated alkanes) is 3. The summed E-state index contributed by atoms with van der Waals surface area (Å²) < 4.78 is 0. The number of thioether (sulfide) groups is 1. The molecule has 0 saturated carbocycles. The summed E-state index contributed by atoms with van der Waals surface area (Å²) in [7, 11) is 1.65. The Morgan fingerprint density at radius 1 is 1.10 bits per heavy atom. The normalized spacial score (nSPS) is 10.5. The lowest BCUT2D eigenvalue weighted by molar-refractivity contribution is 0.0963. The van der Waals surface area contributed by atoms with Crippen molar-refractivity contribution in [3.05, 3.63) is 35.4 Å². The molecular formula is C16H26N2OS. The zero-order valence-electron chi connectivity index (χ0n) is 12.6. The predicted molar refractivity (Wildman–Crippen MR) is 88.4 cm³/mol. The van der Waals surface area contributed by atoms with E-state index in [0.29, 0.717) is 5.56 Å². The van der Waals surface area contributed by atoms with E-state index in [1.54, 1.807) is 7.05 Å². The number of carbonyl (C=O) groups is 1. The van der Waals surface area contributed by atoms with E-state index in [2.05, 4.69) is 16.9 Å². The highest BCUT2D eigenvalue weighted by Crippen LogP contribution is 2.06. The number of rotatable bonds is 10. The Labute approximate surface area is 126 Å². The summed E-state index contributed by atoms with van der Waals surface area (Å²) in [6.07, 6.45) is 7.39. The van der Waals surface area contributed by atoms with Crippen LogP contribution in [0.5, 0.6) is 0 Å². The van der Waals surface area contributed by atoms with E-state index in [1.807, 2.05) is 36.0 Å². The number of amides is 1. The van der Waals surface area contributed by atoms with Crippen LogP contribution in [-0.2, 0) is 6.54 Å². The van der Waals surface area contributed by atoms with Gasteiger partial charge in [-0.2, -0.15) is 11.8 Å². The molecule has 0 aliphatic carbocycles. The minimum atomic E-state index is -0.0326. The Bertz CT molecular complexity index is 379. The van der Waals surface area contributed by atoms with Gasteiger partial charge in [-0.05, 0) is 49.1 Å². The fourth-order valence-electron chi connectivity index (χ4n) is 2.00. The van der Waals surface area contributed by atoms with Crippen LogP contribution >= 0.6 is 11.8 Å². The van der Waals surface area contributed by atoms with E-state index in [9.17, 15) is 4.79 Å². The average Bonchev–Trinajstić information content (AvgIpc) is 2.50. The molecule has 1 aromatic rings.